The van der Waals surface area contributed by atoms with Gasteiger partial charge < -0.3 is 25.1 Å². The summed E-state index contributed by atoms with van der Waals surface area (Å²) in [6.07, 6.45) is 1.56. The monoisotopic (exact) mass is 421 g/mol. The highest BCUT2D eigenvalue weighted by Gasteiger charge is 2.25. The van der Waals surface area contributed by atoms with E-state index in [-0.39, 0.29) is 6.04 Å². The van der Waals surface area contributed by atoms with Gasteiger partial charge in [-0.2, -0.15) is 0 Å². The molecule has 30 heavy (non-hydrogen) atoms. The van der Waals surface area contributed by atoms with Crippen molar-refractivity contribution in [1.29, 1.82) is 0 Å². The van der Waals surface area contributed by atoms with E-state index in [0.717, 1.165) is 28.2 Å². The molecule has 0 radical (unpaired) electrons. The number of halogens is 1. The predicted molar refractivity (Wildman–Crippen MR) is 117 cm³/mol. The van der Waals surface area contributed by atoms with Gasteiger partial charge in [-0.3, -0.25) is 0 Å². The average molecular weight is 422 g/mol. The van der Waals surface area contributed by atoms with Crippen molar-refractivity contribution in [2.45, 2.75) is 12.6 Å². The second-order valence-corrected chi connectivity index (χ2v) is 7.60. The number of benzene rings is 2. The lowest BCUT2D eigenvalue weighted by Crippen LogP contribution is -2.31. The lowest BCUT2D eigenvalue weighted by molar-refractivity contribution is -0.0207. The summed E-state index contributed by atoms with van der Waals surface area (Å²) >= 11 is 5.85. The van der Waals surface area contributed by atoms with Crippen LogP contribution in [-0.2, 0) is 11.3 Å². The fourth-order valence-electron chi connectivity index (χ4n) is 3.38. The molecule has 0 bridgehead atoms. The zero-order chi connectivity index (χ0) is 20.5. The Morgan fingerprint density at radius 3 is 2.67 bits per heavy atom. The number of pyridine rings is 1. The van der Waals surface area contributed by atoms with E-state index in [4.69, 9.17) is 31.8 Å². The summed E-state index contributed by atoms with van der Waals surface area (Å²) in [6.45, 7) is 1.99. The Hall–Kier alpha value is -3.29. The normalized spacial score (nSPS) is 13.9. The number of nitrogen functional groups attached to an aromatic ring is 1. The van der Waals surface area contributed by atoms with E-state index < -0.39 is 0 Å². The number of nitrogens with zero attached hydrogens (tertiary/aromatic N) is 3. The van der Waals surface area contributed by atoms with Crippen LogP contribution in [0.1, 0.15) is 11.6 Å². The lowest BCUT2D eigenvalue weighted by atomic mass is 10.2. The topological polar surface area (TPSA) is 87.2 Å². The number of aromatic nitrogens is 3. The molecule has 2 aromatic heterocycles. The van der Waals surface area contributed by atoms with Crippen molar-refractivity contribution in [3.8, 4) is 11.6 Å². The molecule has 3 heterocycles. The van der Waals surface area contributed by atoms with Crippen LogP contribution in [0.2, 0.25) is 5.02 Å². The summed E-state index contributed by atoms with van der Waals surface area (Å²) in [7, 11) is 0. The summed E-state index contributed by atoms with van der Waals surface area (Å²) < 4.78 is 13.3. The van der Waals surface area contributed by atoms with Gasteiger partial charge >= 0.3 is 0 Å². The lowest BCUT2D eigenvalue weighted by Gasteiger charge is -2.29. The molecule has 2 aromatic carbocycles. The number of hydrogen-bond acceptors (Lipinski definition) is 6. The van der Waals surface area contributed by atoms with Gasteiger partial charge in [0, 0.05) is 24.5 Å². The van der Waals surface area contributed by atoms with Gasteiger partial charge in [0.2, 0.25) is 11.8 Å². The minimum atomic E-state index is 0.266. The van der Waals surface area contributed by atoms with Gasteiger partial charge in [-0.15, -0.1) is 0 Å². The van der Waals surface area contributed by atoms with Gasteiger partial charge in [-0.25, -0.2) is 9.97 Å². The average Bonchev–Trinajstić information content (AvgIpc) is 3.05. The molecule has 3 N–H and O–H groups in total. The van der Waals surface area contributed by atoms with Crippen LogP contribution in [0, 0.1) is 0 Å². The second kappa shape index (κ2) is 7.85. The van der Waals surface area contributed by atoms with Crippen LogP contribution < -0.4 is 15.8 Å². The molecule has 1 aliphatic rings. The van der Waals surface area contributed by atoms with E-state index in [1.54, 1.807) is 18.3 Å². The third kappa shape index (κ3) is 3.77. The standard InChI is InChI=1S/C22H20ClN5O2/c23-15-3-8-21(25-11-15)30-18-5-1-14(2-6-18)10-26-22-27-19-7-4-16(24)9-20(19)28(22)17-12-29-13-17/h1-9,11,17H,10,12-13,24H2,(H,26,27). The fraction of sp³-hybridized carbons (Fsp3) is 0.182. The molecular formula is C22H20ClN5O2. The van der Waals surface area contributed by atoms with E-state index in [2.05, 4.69) is 14.9 Å². The number of hydrogen-bond donors (Lipinski definition) is 2. The van der Waals surface area contributed by atoms with Crippen LogP contribution in [0.5, 0.6) is 11.6 Å². The van der Waals surface area contributed by atoms with Gasteiger partial charge in [-0.05, 0) is 42.0 Å². The summed E-state index contributed by atoms with van der Waals surface area (Å²) in [6, 6.07) is 17.4. The smallest absolute Gasteiger partial charge is 0.219 e. The highest BCUT2D eigenvalue weighted by molar-refractivity contribution is 6.30. The van der Waals surface area contributed by atoms with Crippen LogP contribution in [0.15, 0.2) is 60.8 Å². The molecule has 8 heteroatoms. The van der Waals surface area contributed by atoms with E-state index >= 15 is 0 Å². The first-order valence-electron chi connectivity index (χ1n) is 9.63. The van der Waals surface area contributed by atoms with Gasteiger partial charge in [0.1, 0.15) is 5.75 Å². The number of nitrogens with two attached hydrogens (primary N) is 1. The second-order valence-electron chi connectivity index (χ2n) is 7.16. The first-order valence-corrected chi connectivity index (χ1v) is 10.0. The van der Waals surface area contributed by atoms with Crippen molar-refractivity contribution in [3.05, 3.63) is 71.4 Å². The zero-order valence-electron chi connectivity index (χ0n) is 16.1. The molecular weight excluding hydrogens is 402 g/mol. The van der Waals surface area contributed by atoms with Gasteiger partial charge in [0.25, 0.3) is 0 Å². The highest BCUT2D eigenvalue weighted by Crippen LogP contribution is 2.30. The predicted octanol–water partition coefficient (Wildman–Crippen LogP) is 4.64. The molecule has 0 saturated carbocycles. The Bertz CT molecular complexity index is 1170. The zero-order valence-corrected chi connectivity index (χ0v) is 16.8. The minimum Gasteiger partial charge on any atom is -0.439 e. The van der Waals surface area contributed by atoms with Crippen molar-refractivity contribution >= 4 is 34.3 Å². The van der Waals surface area contributed by atoms with Crippen LogP contribution >= 0.6 is 11.6 Å². The van der Waals surface area contributed by atoms with E-state index in [1.807, 2.05) is 42.5 Å². The van der Waals surface area contributed by atoms with E-state index in [0.29, 0.717) is 36.4 Å². The number of anilines is 2. The third-order valence-electron chi connectivity index (χ3n) is 5.00. The maximum Gasteiger partial charge on any atom is 0.219 e. The van der Waals surface area contributed by atoms with Crippen molar-refractivity contribution in [2.75, 3.05) is 24.3 Å². The van der Waals surface area contributed by atoms with Gasteiger partial charge in [-0.1, -0.05) is 23.7 Å². The molecule has 0 aliphatic carbocycles. The first kappa shape index (κ1) is 18.7. The maximum atomic E-state index is 5.99. The molecule has 0 amide bonds. The SMILES string of the molecule is Nc1ccc2nc(NCc3ccc(Oc4ccc(Cl)cn4)cc3)n(C3COC3)c2c1. The first-order chi connectivity index (χ1) is 14.7. The molecule has 5 rings (SSSR count). The summed E-state index contributed by atoms with van der Waals surface area (Å²) in [5, 5.41) is 4.03. The Kier molecular flexibility index (Phi) is 4.90. The molecule has 0 unspecified atom stereocenters. The molecule has 7 nitrogen and oxygen atoms in total. The van der Waals surface area contributed by atoms with E-state index in [9.17, 15) is 0 Å². The van der Waals surface area contributed by atoms with Crippen molar-refractivity contribution in [3.63, 3.8) is 0 Å². The Labute approximate surface area is 178 Å². The number of rotatable bonds is 6. The molecule has 1 fully saturated rings. The van der Waals surface area contributed by atoms with Crippen molar-refractivity contribution in [1.82, 2.24) is 14.5 Å². The van der Waals surface area contributed by atoms with Crippen LogP contribution in [0.4, 0.5) is 11.6 Å². The summed E-state index contributed by atoms with van der Waals surface area (Å²) in [4.78, 5) is 8.89. The minimum absolute atomic E-state index is 0.266. The molecule has 0 spiro atoms. The fourth-order valence-corrected chi connectivity index (χ4v) is 3.49. The number of nitrogens with one attached hydrogen (secondary N) is 1. The van der Waals surface area contributed by atoms with E-state index in [1.165, 1.54) is 0 Å². The molecule has 1 aliphatic heterocycles. The number of fused-ring (bicyclic) bond motifs is 1. The quantitative estimate of drug-likeness (QED) is 0.441. The number of imidazole rings is 1. The Balaban J connectivity index is 1.31. The Morgan fingerprint density at radius 1 is 1.13 bits per heavy atom. The highest BCUT2D eigenvalue weighted by atomic mass is 35.5. The van der Waals surface area contributed by atoms with Gasteiger partial charge in [0.15, 0.2) is 0 Å². The van der Waals surface area contributed by atoms with Crippen molar-refractivity contribution in [2.24, 2.45) is 0 Å². The van der Waals surface area contributed by atoms with Gasteiger partial charge in [0.05, 0.1) is 35.3 Å². The maximum absolute atomic E-state index is 5.99. The summed E-state index contributed by atoms with van der Waals surface area (Å²) in [5.41, 5.74) is 9.75. The molecule has 152 valence electrons. The Morgan fingerprint density at radius 2 is 1.97 bits per heavy atom. The third-order valence-corrected chi connectivity index (χ3v) is 5.22. The van der Waals surface area contributed by atoms with Crippen LogP contribution in [0.3, 0.4) is 0 Å². The van der Waals surface area contributed by atoms with Crippen LogP contribution in [-0.4, -0.2) is 27.7 Å². The number of ether oxygens (including phenoxy) is 2. The van der Waals surface area contributed by atoms with Crippen molar-refractivity contribution < 1.29 is 9.47 Å². The molecule has 0 atom stereocenters. The largest absolute Gasteiger partial charge is 0.439 e. The summed E-state index contributed by atoms with van der Waals surface area (Å²) in [5.74, 6) is 2.03. The van der Waals surface area contributed by atoms with Crippen LogP contribution in [0.25, 0.3) is 11.0 Å². The molecule has 1 saturated heterocycles. The molecule has 4 aromatic rings.